The number of para-hydroxylation sites is 1. The van der Waals surface area contributed by atoms with Crippen LogP contribution in [0.3, 0.4) is 0 Å². The molecular weight excluding hydrogens is 342 g/mol. The molecule has 5 heteroatoms. The number of ketones is 1. The Morgan fingerprint density at radius 3 is 2.67 bits per heavy atom. The van der Waals surface area contributed by atoms with Crippen molar-refractivity contribution in [3.8, 4) is 11.5 Å². The highest BCUT2D eigenvalue weighted by molar-refractivity contribution is 5.98. The molecule has 0 fully saturated rings. The first-order valence-electron chi connectivity index (χ1n) is 9.53. The Balaban J connectivity index is 1.33. The molecule has 0 saturated carbocycles. The molecule has 0 bridgehead atoms. The third-order valence-corrected chi connectivity index (χ3v) is 5.07. The molecule has 0 spiro atoms. The van der Waals surface area contributed by atoms with Gasteiger partial charge in [-0.05, 0) is 49.1 Å². The van der Waals surface area contributed by atoms with Crippen molar-refractivity contribution in [3.63, 3.8) is 0 Å². The number of hydrogen-bond donors (Lipinski definition) is 0. The van der Waals surface area contributed by atoms with E-state index in [4.69, 9.17) is 9.47 Å². The van der Waals surface area contributed by atoms with Crippen LogP contribution in [-0.2, 0) is 11.2 Å². The zero-order valence-electron chi connectivity index (χ0n) is 15.3. The van der Waals surface area contributed by atoms with Crippen LogP contribution in [-0.4, -0.2) is 31.4 Å². The fraction of sp³-hybridized carbons (Fsp3) is 0.364. The molecule has 140 valence electrons. The van der Waals surface area contributed by atoms with E-state index in [0.29, 0.717) is 49.5 Å². The Morgan fingerprint density at radius 2 is 1.78 bits per heavy atom. The van der Waals surface area contributed by atoms with Crippen LogP contribution in [0.4, 0.5) is 5.69 Å². The molecule has 0 radical (unpaired) electrons. The van der Waals surface area contributed by atoms with Gasteiger partial charge in [0.1, 0.15) is 13.2 Å². The standard InChI is InChI=1S/C22H23NO4/c24-19(17-10-11-20-21(15-17)27-14-13-26-20)8-3-9-22(25)23-12-4-6-16-5-1-2-7-18(16)23/h1-2,5,7,10-11,15H,3-4,6,8-9,12-14H2. The Kier molecular flexibility index (Phi) is 5.10. The van der Waals surface area contributed by atoms with Crippen molar-refractivity contribution in [2.75, 3.05) is 24.7 Å². The number of benzene rings is 2. The second-order valence-electron chi connectivity index (χ2n) is 6.91. The highest BCUT2D eigenvalue weighted by Gasteiger charge is 2.22. The summed E-state index contributed by atoms with van der Waals surface area (Å²) in [6.07, 6.45) is 3.28. The monoisotopic (exact) mass is 365 g/mol. The van der Waals surface area contributed by atoms with Crippen molar-refractivity contribution >= 4 is 17.4 Å². The maximum atomic E-state index is 12.6. The minimum Gasteiger partial charge on any atom is -0.486 e. The van der Waals surface area contributed by atoms with Gasteiger partial charge in [-0.1, -0.05) is 18.2 Å². The summed E-state index contributed by atoms with van der Waals surface area (Å²) in [4.78, 5) is 27.0. The first kappa shape index (κ1) is 17.6. The van der Waals surface area contributed by atoms with Gasteiger partial charge in [0, 0.05) is 30.6 Å². The summed E-state index contributed by atoms with van der Waals surface area (Å²) >= 11 is 0. The van der Waals surface area contributed by atoms with Gasteiger partial charge in [0.15, 0.2) is 17.3 Å². The third kappa shape index (κ3) is 3.82. The maximum Gasteiger partial charge on any atom is 0.226 e. The summed E-state index contributed by atoms with van der Waals surface area (Å²) in [5.74, 6) is 1.42. The molecule has 27 heavy (non-hydrogen) atoms. The first-order valence-corrected chi connectivity index (χ1v) is 9.53. The van der Waals surface area contributed by atoms with E-state index in [1.807, 2.05) is 23.1 Å². The van der Waals surface area contributed by atoms with Gasteiger partial charge in [-0.15, -0.1) is 0 Å². The molecule has 2 aromatic rings. The van der Waals surface area contributed by atoms with Gasteiger partial charge in [0.05, 0.1) is 0 Å². The van der Waals surface area contributed by atoms with Crippen molar-refractivity contribution < 1.29 is 19.1 Å². The van der Waals surface area contributed by atoms with E-state index in [0.717, 1.165) is 25.1 Å². The summed E-state index contributed by atoms with van der Waals surface area (Å²) in [6.45, 7) is 1.78. The maximum absolute atomic E-state index is 12.6. The second kappa shape index (κ2) is 7.82. The highest BCUT2D eigenvalue weighted by atomic mass is 16.6. The number of aryl methyl sites for hydroxylation is 1. The van der Waals surface area contributed by atoms with Gasteiger partial charge in [-0.2, -0.15) is 0 Å². The molecular formula is C22H23NO4. The third-order valence-electron chi connectivity index (χ3n) is 5.07. The molecule has 2 aliphatic heterocycles. The van der Waals surface area contributed by atoms with Crippen molar-refractivity contribution in [2.45, 2.75) is 32.1 Å². The fourth-order valence-corrected chi connectivity index (χ4v) is 3.69. The van der Waals surface area contributed by atoms with E-state index in [1.54, 1.807) is 18.2 Å². The molecule has 2 heterocycles. The van der Waals surface area contributed by atoms with Crippen LogP contribution in [0.2, 0.25) is 0 Å². The van der Waals surface area contributed by atoms with Crippen molar-refractivity contribution in [3.05, 3.63) is 53.6 Å². The highest BCUT2D eigenvalue weighted by Crippen LogP contribution is 2.31. The zero-order chi connectivity index (χ0) is 18.6. The molecule has 5 nitrogen and oxygen atoms in total. The number of anilines is 1. The molecule has 0 saturated heterocycles. The van der Waals surface area contributed by atoms with Gasteiger partial charge in [-0.25, -0.2) is 0 Å². The molecule has 0 N–H and O–H groups in total. The second-order valence-corrected chi connectivity index (χ2v) is 6.91. The quantitative estimate of drug-likeness (QED) is 0.757. The zero-order valence-corrected chi connectivity index (χ0v) is 15.3. The Hall–Kier alpha value is -2.82. The molecule has 0 aromatic heterocycles. The number of ether oxygens (including phenoxy) is 2. The first-order chi connectivity index (χ1) is 13.2. The number of hydrogen-bond acceptors (Lipinski definition) is 4. The number of carbonyl (C=O) groups excluding carboxylic acids is 2. The van der Waals surface area contributed by atoms with Crippen molar-refractivity contribution in [1.82, 2.24) is 0 Å². The fourth-order valence-electron chi connectivity index (χ4n) is 3.69. The summed E-state index contributed by atoms with van der Waals surface area (Å²) in [7, 11) is 0. The number of rotatable bonds is 5. The topological polar surface area (TPSA) is 55.8 Å². The van der Waals surface area contributed by atoms with Crippen LogP contribution in [0, 0.1) is 0 Å². The lowest BCUT2D eigenvalue weighted by atomic mass is 10.0. The van der Waals surface area contributed by atoms with Crippen LogP contribution in [0.15, 0.2) is 42.5 Å². The largest absolute Gasteiger partial charge is 0.486 e. The Labute approximate surface area is 158 Å². The Bertz CT molecular complexity index is 861. The molecule has 0 atom stereocenters. The van der Waals surface area contributed by atoms with Gasteiger partial charge < -0.3 is 14.4 Å². The smallest absolute Gasteiger partial charge is 0.226 e. The number of amides is 1. The minimum absolute atomic E-state index is 0.0267. The molecule has 2 aliphatic rings. The molecule has 1 amide bonds. The summed E-state index contributed by atoms with van der Waals surface area (Å²) in [5, 5.41) is 0. The predicted molar refractivity (Wildman–Crippen MR) is 103 cm³/mol. The van der Waals surface area contributed by atoms with Crippen LogP contribution in [0.25, 0.3) is 0 Å². The molecule has 2 aromatic carbocycles. The average Bonchev–Trinajstić information content (AvgIpc) is 2.72. The lowest BCUT2D eigenvalue weighted by molar-refractivity contribution is -0.118. The van der Waals surface area contributed by atoms with Crippen molar-refractivity contribution in [1.29, 1.82) is 0 Å². The number of Topliss-reactive ketones (excluding diaryl/α,β-unsaturated/α-hetero) is 1. The SMILES string of the molecule is O=C(CCCC(=O)N1CCCc2ccccc21)c1ccc2c(c1)OCCO2. The van der Waals surface area contributed by atoms with Gasteiger partial charge in [0.25, 0.3) is 0 Å². The lowest BCUT2D eigenvalue weighted by Gasteiger charge is -2.29. The van der Waals surface area contributed by atoms with Crippen LogP contribution in [0.5, 0.6) is 11.5 Å². The minimum atomic E-state index is 0.0267. The van der Waals surface area contributed by atoms with Gasteiger partial charge in [-0.3, -0.25) is 9.59 Å². The molecule has 0 unspecified atom stereocenters. The van der Waals surface area contributed by atoms with E-state index in [-0.39, 0.29) is 11.7 Å². The number of fused-ring (bicyclic) bond motifs is 2. The number of carbonyl (C=O) groups is 2. The summed E-state index contributed by atoms with van der Waals surface area (Å²) < 4.78 is 11.0. The summed E-state index contributed by atoms with van der Waals surface area (Å²) in [6, 6.07) is 13.3. The van der Waals surface area contributed by atoms with Gasteiger partial charge >= 0.3 is 0 Å². The molecule has 0 aliphatic carbocycles. The average molecular weight is 365 g/mol. The van der Waals surface area contributed by atoms with E-state index >= 15 is 0 Å². The van der Waals surface area contributed by atoms with Crippen molar-refractivity contribution in [2.24, 2.45) is 0 Å². The van der Waals surface area contributed by atoms with E-state index in [2.05, 4.69) is 6.07 Å². The molecule has 4 rings (SSSR count). The lowest BCUT2D eigenvalue weighted by Crippen LogP contribution is -2.35. The Morgan fingerprint density at radius 1 is 0.963 bits per heavy atom. The normalized spacial score (nSPS) is 15.2. The van der Waals surface area contributed by atoms with E-state index in [9.17, 15) is 9.59 Å². The number of nitrogens with zero attached hydrogens (tertiary/aromatic N) is 1. The van der Waals surface area contributed by atoms with E-state index in [1.165, 1.54) is 5.56 Å². The predicted octanol–water partition coefficient (Wildman–Crippen LogP) is 3.79. The van der Waals surface area contributed by atoms with Crippen LogP contribution >= 0.6 is 0 Å². The summed E-state index contributed by atoms with van der Waals surface area (Å²) in [5.41, 5.74) is 2.85. The van der Waals surface area contributed by atoms with Gasteiger partial charge in [0.2, 0.25) is 5.91 Å². The van der Waals surface area contributed by atoms with Crippen LogP contribution in [0.1, 0.15) is 41.6 Å². The van der Waals surface area contributed by atoms with Crippen LogP contribution < -0.4 is 14.4 Å². The van der Waals surface area contributed by atoms with E-state index < -0.39 is 0 Å².